The van der Waals surface area contributed by atoms with Crippen LogP contribution in [0.1, 0.15) is 12.6 Å². The van der Waals surface area contributed by atoms with Crippen molar-refractivity contribution in [2.75, 3.05) is 13.7 Å². The molecule has 0 spiro atoms. The summed E-state index contributed by atoms with van der Waals surface area (Å²) < 4.78 is 12.6. The van der Waals surface area contributed by atoms with E-state index in [1.807, 2.05) is 16.7 Å². The van der Waals surface area contributed by atoms with Gasteiger partial charge in [0, 0.05) is 46.0 Å². The molecule has 29 heavy (non-hydrogen) atoms. The number of methoxy groups -OCH3 is 1. The highest BCUT2D eigenvalue weighted by Crippen LogP contribution is 2.23. The fourth-order valence-corrected chi connectivity index (χ4v) is 3.55. The van der Waals surface area contributed by atoms with Gasteiger partial charge < -0.3 is 19.4 Å². The number of nitrogens with zero attached hydrogens (tertiary/aromatic N) is 3. The van der Waals surface area contributed by atoms with Crippen molar-refractivity contribution < 1.29 is 19.1 Å². The van der Waals surface area contributed by atoms with Crippen LogP contribution in [-0.4, -0.2) is 54.2 Å². The first kappa shape index (κ1) is 22.8. The van der Waals surface area contributed by atoms with Gasteiger partial charge in [0.25, 0.3) is 0 Å². The molecule has 0 saturated carbocycles. The van der Waals surface area contributed by atoms with E-state index in [0.29, 0.717) is 19.0 Å². The highest BCUT2D eigenvalue weighted by molar-refractivity contribution is 6.76. The predicted molar refractivity (Wildman–Crippen MR) is 113 cm³/mol. The van der Waals surface area contributed by atoms with Crippen LogP contribution in [0.5, 0.6) is 0 Å². The van der Waals surface area contributed by atoms with E-state index in [2.05, 4.69) is 34.9 Å². The third-order valence-corrected chi connectivity index (χ3v) is 6.07. The Balaban J connectivity index is 2.28. The first-order valence-electron chi connectivity index (χ1n) is 9.58. The summed E-state index contributed by atoms with van der Waals surface area (Å²) in [5, 5.41) is 2.66. The molecule has 1 N–H and O–H groups in total. The maximum absolute atomic E-state index is 12.2. The molecule has 0 bridgehead atoms. The van der Waals surface area contributed by atoms with E-state index in [4.69, 9.17) is 9.47 Å². The quantitative estimate of drug-likeness (QED) is 0.362. The van der Waals surface area contributed by atoms with Gasteiger partial charge in [0.05, 0.1) is 24.8 Å². The van der Waals surface area contributed by atoms with Crippen LogP contribution >= 0.6 is 0 Å². The summed E-state index contributed by atoms with van der Waals surface area (Å²) in [5.41, 5.74) is 2.30. The molecule has 2 heterocycles. The number of hydrogen-bond acceptors (Lipinski definition) is 6. The molecule has 8 nitrogen and oxygen atoms in total. The normalized spacial score (nSPS) is 12.4. The van der Waals surface area contributed by atoms with Gasteiger partial charge >= 0.3 is 5.97 Å². The molecule has 0 aromatic carbocycles. The van der Waals surface area contributed by atoms with Crippen molar-refractivity contribution in [1.82, 2.24) is 19.9 Å². The van der Waals surface area contributed by atoms with Crippen LogP contribution in [0.2, 0.25) is 25.7 Å². The zero-order valence-electron chi connectivity index (χ0n) is 17.8. The monoisotopic (exact) mass is 418 g/mol. The zero-order valence-corrected chi connectivity index (χ0v) is 18.8. The number of aromatic nitrogens is 3. The van der Waals surface area contributed by atoms with Crippen LogP contribution in [-0.2, 0) is 32.2 Å². The molecule has 2 rings (SSSR count). The van der Waals surface area contributed by atoms with Gasteiger partial charge in [0.15, 0.2) is 0 Å². The molecule has 0 fully saturated rings. The minimum Gasteiger partial charge on any atom is -0.467 e. The van der Waals surface area contributed by atoms with Crippen molar-refractivity contribution in [3.63, 3.8) is 0 Å². The lowest BCUT2D eigenvalue weighted by Gasteiger charge is -2.19. The minimum atomic E-state index is -1.19. The Morgan fingerprint density at radius 2 is 2.07 bits per heavy atom. The van der Waals surface area contributed by atoms with Gasteiger partial charge in [-0.2, -0.15) is 0 Å². The Hall–Kier alpha value is -2.52. The van der Waals surface area contributed by atoms with Crippen molar-refractivity contribution in [3.8, 4) is 11.3 Å². The van der Waals surface area contributed by atoms with Crippen molar-refractivity contribution >= 4 is 20.0 Å². The van der Waals surface area contributed by atoms with E-state index in [1.54, 1.807) is 18.7 Å². The van der Waals surface area contributed by atoms with Gasteiger partial charge in [-0.15, -0.1) is 0 Å². The molecular weight excluding hydrogens is 388 g/mol. The number of hydrogen-bond donors (Lipinski definition) is 1. The van der Waals surface area contributed by atoms with Gasteiger partial charge in [-0.1, -0.05) is 19.6 Å². The molecule has 158 valence electrons. The second-order valence-corrected chi connectivity index (χ2v) is 13.7. The van der Waals surface area contributed by atoms with Gasteiger partial charge in [0.2, 0.25) is 5.91 Å². The lowest BCUT2D eigenvalue weighted by atomic mass is 10.1. The van der Waals surface area contributed by atoms with Crippen LogP contribution in [0.15, 0.2) is 30.9 Å². The molecule has 0 aliphatic carbocycles. The van der Waals surface area contributed by atoms with Crippen LogP contribution in [0, 0.1) is 0 Å². The molecule has 0 saturated heterocycles. The average Bonchev–Trinajstić information content (AvgIpc) is 3.06. The summed E-state index contributed by atoms with van der Waals surface area (Å²) in [4.78, 5) is 32.4. The largest absolute Gasteiger partial charge is 0.467 e. The molecule has 1 atom stereocenters. The maximum Gasteiger partial charge on any atom is 0.328 e. The van der Waals surface area contributed by atoms with E-state index in [0.717, 1.165) is 17.3 Å². The zero-order chi connectivity index (χ0) is 21.4. The molecule has 0 radical (unpaired) electrons. The predicted octanol–water partition coefficient (Wildman–Crippen LogP) is 2.48. The van der Waals surface area contributed by atoms with Crippen LogP contribution < -0.4 is 5.32 Å². The van der Waals surface area contributed by atoms with E-state index >= 15 is 0 Å². The van der Waals surface area contributed by atoms with Gasteiger partial charge in [-0.3, -0.25) is 9.78 Å². The number of imidazole rings is 1. The van der Waals surface area contributed by atoms with Gasteiger partial charge in [-0.05, 0) is 18.2 Å². The number of pyridine rings is 1. The van der Waals surface area contributed by atoms with Crippen molar-refractivity contribution in [3.05, 3.63) is 36.5 Å². The fraction of sp³-hybridized carbons (Fsp3) is 0.500. The fourth-order valence-electron chi connectivity index (χ4n) is 2.79. The number of nitrogens with one attached hydrogen (secondary N) is 1. The second-order valence-electron chi connectivity index (χ2n) is 8.08. The Kier molecular flexibility index (Phi) is 8.09. The van der Waals surface area contributed by atoms with Crippen molar-refractivity contribution in [2.24, 2.45) is 0 Å². The first-order chi connectivity index (χ1) is 13.7. The smallest absolute Gasteiger partial charge is 0.328 e. The number of carbonyl (C=O) groups is 2. The van der Waals surface area contributed by atoms with Crippen molar-refractivity contribution in [2.45, 2.75) is 51.8 Å². The topological polar surface area (TPSA) is 95.3 Å². The maximum atomic E-state index is 12.2. The summed E-state index contributed by atoms with van der Waals surface area (Å²) in [6, 6.07) is 3.98. The molecule has 2 aromatic rings. The number of amides is 1. The standard InChI is InChI=1S/C20H30N4O4Si/c1-15(25)23-17(20(26)27-2)11-18-19(16-7-6-8-21-12-16)22-13-24(18)14-28-9-10-29(3,4)5/h6-8,12-13,17H,9-11,14H2,1-5H3,(H,23,25)/t17-/m0/s1. The van der Waals surface area contributed by atoms with Gasteiger partial charge in [0.1, 0.15) is 12.8 Å². The average molecular weight is 419 g/mol. The molecule has 0 aliphatic heterocycles. The molecule has 1 amide bonds. The van der Waals surface area contributed by atoms with Crippen LogP contribution in [0.25, 0.3) is 11.3 Å². The summed E-state index contributed by atoms with van der Waals surface area (Å²) in [7, 11) is 0.114. The molecule has 2 aromatic heterocycles. The highest BCUT2D eigenvalue weighted by Gasteiger charge is 2.25. The van der Waals surface area contributed by atoms with E-state index in [-0.39, 0.29) is 12.3 Å². The molecule has 0 unspecified atom stereocenters. The first-order valence-corrected chi connectivity index (χ1v) is 13.3. The SMILES string of the molecule is COC(=O)[C@H](Cc1c(-c2cccnc2)ncn1COCC[Si](C)(C)C)NC(C)=O. The lowest BCUT2D eigenvalue weighted by molar-refractivity contribution is -0.144. The minimum absolute atomic E-state index is 0.230. The summed E-state index contributed by atoms with van der Waals surface area (Å²) in [5.74, 6) is -0.814. The number of ether oxygens (including phenoxy) is 2. The van der Waals surface area contributed by atoms with E-state index in [9.17, 15) is 9.59 Å². The summed E-state index contributed by atoms with van der Waals surface area (Å²) >= 11 is 0. The third-order valence-electron chi connectivity index (χ3n) is 4.37. The molecule has 9 heteroatoms. The number of esters is 1. The van der Waals surface area contributed by atoms with Crippen LogP contribution in [0.4, 0.5) is 0 Å². The summed E-state index contributed by atoms with van der Waals surface area (Å²) in [6.07, 6.45) is 5.32. The van der Waals surface area contributed by atoms with Crippen LogP contribution in [0.3, 0.4) is 0 Å². The number of carbonyl (C=O) groups excluding carboxylic acids is 2. The molecule has 0 aliphatic rings. The number of rotatable bonds is 10. The third kappa shape index (κ3) is 7.10. The Bertz CT molecular complexity index is 818. The van der Waals surface area contributed by atoms with E-state index in [1.165, 1.54) is 14.0 Å². The summed E-state index contributed by atoms with van der Waals surface area (Å²) in [6.45, 7) is 9.26. The van der Waals surface area contributed by atoms with Crippen molar-refractivity contribution in [1.29, 1.82) is 0 Å². The van der Waals surface area contributed by atoms with E-state index < -0.39 is 20.1 Å². The molecular formula is C20H30N4O4Si. The Morgan fingerprint density at radius 3 is 2.66 bits per heavy atom. The Morgan fingerprint density at radius 1 is 1.31 bits per heavy atom. The second kappa shape index (κ2) is 10.3. The van der Waals surface area contributed by atoms with Gasteiger partial charge in [-0.25, -0.2) is 9.78 Å². The lowest BCUT2D eigenvalue weighted by Crippen LogP contribution is -2.42. The highest BCUT2D eigenvalue weighted by atomic mass is 28.3. The Labute approximate surface area is 172 Å².